The van der Waals surface area contributed by atoms with Gasteiger partial charge in [-0.2, -0.15) is 0 Å². The Bertz CT molecular complexity index is 415. The molecule has 4 heteroatoms. The van der Waals surface area contributed by atoms with Crippen LogP contribution in [0.2, 0.25) is 0 Å². The van der Waals surface area contributed by atoms with Crippen LogP contribution in [0.15, 0.2) is 12.7 Å². The summed E-state index contributed by atoms with van der Waals surface area (Å²) in [6, 6.07) is 0. The van der Waals surface area contributed by atoms with Gasteiger partial charge in [-0.15, -0.1) is 6.58 Å². The maximum absolute atomic E-state index is 11.6. The van der Waals surface area contributed by atoms with Gasteiger partial charge >= 0.3 is 1.43 Å². The molecule has 0 aromatic heterocycles. The van der Waals surface area contributed by atoms with Gasteiger partial charge < -0.3 is 9.80 Å². The highest BCUT2D eigenvalue weighted by molar-refractivity contribution is 5.85. The number of hydrogen-bond donors (Lipinski definition) is 0. The molecule has 0 radical (unpaired) electrons. The number of nitrogens with zero attached hydrogens (tertiary/aromatic N) is 2. The first-order chi connectivity index (χ1) is 11.2. The van der Waals surface area contributed by atoms with Gasteiger partial charge in [0.1, 0.15) is 11.6 Å². The molecule has 0 saturated carbocycles. The SMILES string of the molecule is C=CC.CC1CN(C)CCC1=O.CCCC1(C)CN(C)CCC1=O.[H+]. The summed E-state index contributed by atoms with van der Waals surface area (Å²) in [6.45, 7) is 15.3. The number of piperidine rings is 2. The zero-order valence-electron chi connectivity index (χ0n) is 17.7. The highest BCUT2D eigenvalue weighted by Crippen LogP contribution is 2.30. The first kappa shape index (κ1) is 23.0. The average Bonchev–Trinajstić information content (AvgIpc) is 2.49. The predicted octanol–water partition coefficient (Wildman–Crippen LogP) is 3.53. The van der Waals surface area contributed by atoms with E-state index in [-0.39, 0.29) is 12.8 Å². The number of ketones is 2. The van der Waals surface area contributed by atoms with Crippen LogP contribution >= 0.6 is 0 Å². The summed E-state index contributed by atoms with van der Waals surface area (Å²) in [5, 5.41) is 0. The third kappa shape index (κ3) is 8.20. The van der Waals surface area contributed by atoms with E-state index in [1.54, 1.807) is 6.08 Å². The molecule has 0 aliphatic carbocycles. The Kier molecular flexibility index (Phi) is 11.1. The topological polar surface area (TPSA) is 40.6 Å². The number of rotatable bonds is 2. The molecule has 2 aliphatic heterocycles. The van der Waals surface area contributed by atoms with Crippen molar-refractivity contribution >= 4 is 11.6 Å². The second-order valence-corrected chi connectivity index (χ2v) is 7.51. The summed E-state index contributed by atoms with van der Waals surface area (Å²) >= 11 is 0. The molecule has 2 rings (SSSR count). The molecule has 0 amide bonds. The summed E-state index contributed by atoms with van der Waals surface area (Å²) in [7, 11) is 4.16. The van der Waals surface area contributed by atoms with Crippen molar-refractivity contribution in [3.63, 3.8) is 0 Å². The largest absolute Gasteiger partial charge is 1.00 e. The van der Waals surface area contributed by atoms with E-state index in [1.165, 1.54) is 0 Å². The fourth-order valence-corrected chi connectivity index (χ4v) is 3.34. The van der Waals surface area contributed by atoms with Crippen molar-refractivity contribution in [1.29, 1.82) is 0 Å². The van der Waals surface area contributed by atoms with Gasteiger partial charge in [0.25, 0.3) is 0 Å². The molecule has 2 aliphatic rings. The number of Topliss-reactive ketones (excluding diaryl/α,β-unsaturated/α-hetero) is 2. The van der Waals surface area contributed by atoms with Crippen LogP contribution in [0.5, 0.6) is 0 Å². The first-order valence-corrected chi connectivity index (χ1v) is 9.20. The maximum Gasteiger partial charge on any atom is 1.00 e. The highest BCUT2D eigenvalue weighted by Gasteiger charge is 2.36. The second-order valence-electron chi connectivity index (χ2n) is 7.51. The van der Waals surface area contributed by atoms with Gasteiger partial charge in [-0.3, -0.25) is 9.59 Å². The van der Waals surface area contributed by atoms with Crippen LogP contribution in [0.3, 0.4) is 0 Å². The molecule has 0 N–H and O–H groups in total. The van der Waals surface area contributed by atoms with Crippen LogP contribution in [0.1, 0.15) is 54.8 Å². The van der Waals surface area contributed by atoms with Crippen LogP contribution in [-0.2, 0) is 9.59 Å². The number of carbonyl (C=O) groups is 2. The van der Waals surface area contributed by atoms with Crippen molar-refractivity contribution in [1.82, 2.24) is 9.80 Å². The normalized spacial score (nSPS) is 28.3. The molecule has 2 saturated heterocycles. The zero-order chi connectivity index (χ0) is 18.8. The lowest BCUT2D eigenvalue weighted by atomic mass is 9.77. The van der Waals surface area contributed by atoms with Gasteiger partial charge in [-0.25, -0.2) is 0 Å². The van der Waals surface area contributed by atoms with E-state index < -0.39 is 0 Å². The molecule has 0 aromatic carbocycles. The molecule has 0 spiro atoms. The molecule has 0 aromatic rings. The molecule has 2 atom stereocenters. The summed E-state index contributed by atoms with van der Waals surface area (Å²) < 4.78 is 0. The van der Waals surface area contributed by atoms with Crippen molar-refractivity contribution in [3.05, 3.63) is 12.7 Å². The van der Waals surface area contributed by atoms with Crippen LogP contribution in [0, 0.1) is 11.3 Å². The number of allylic oxidation sites excluding steroid dienone is 1. The Hall–Kier alpha value is -1.00. The van der Waals surface area contributed by atoms with Crippen molar-refractivity contribution in [2.24, 2.45) is 11.3 Å². The molecule has 4 nitrogen and oxygen atoms in total. The average molecular weight is 340 g/mol. The molecule has 24 heavy (non-hydrogen) atoms. The Morgan fingerprint density at radius 3 is 2.25 bits per heavy atom. The van der Waals surface area contributed by atoms with Gasteiger partial charge in [0.15, 0.2) is 0 Å². The predicted molar refractivity (Wildman–Crippen MR) is 103 cm³/mol. The van der Waals surface area contributed by atoms with Gasteiger partial charge in [0.05, 0.1) is 0 Å². The van der Waals surface area contributed by atoms with Crippen molar-refractivity contribution < 1.29 is 11.0 Å². The molecule has 2 heterocycles. The minimum atomic E-state index is -0.0538. The zero-order valence-corrected chi connectivity index (χ0v) is 16.7. The van der Waals surface area contributed by atoms with E-state index in [0.717, 1.165) is 51.9 Å². The Balaban J connectivity index is 0. The molecule has 0 bridgehead atoms. The minimum Gasteiger partial charge on any atom is -0.305 e. The number of likely N-dealkylation sites (tertiary alicyclic amines) is 2. The Labute approximate surface area is 150 Å². The van der Waals surface area contributed by atoms with E-state index in [1.807, 2.05) is 13.8 Å². The smallest absolute Gasteiger partial charge is 0.305 e. The summed E-state index contributed by atoms with van der Waals surface area (Å²) in [4.78, 5) is 27.0. The Morgan fingerprint density at radius 1 is 1.25 bits per heavy atom. The molecular weight excluding hydrogens is 300 g/mol. The summed E-state index contributed by atoms with van der Waals surface area (Å²) in [5.41, 5.74) is -0.0538. The quantitative estimate of drug-likeness (QED) is 0.722. The van der Waals surface area contributed by atoms with Crippen LogP contribution in [0.4, 0.5) is 0 Å². The number of hydrogen-bond acceptors (Lipinski definition) is 4. The van der Waals surface area contributed by atoms with E-state index in [0.29, 0.717) is 11.6 Å². The molecule has 2 fully saturated rings. The lowest BCUT2D eigenvalue weighted by Crippen LogP contribution is -2.45. The van der Waals surface area contributed by atoms with E-state index in [2.05, 4.69) is 44.3 Å². The Morgan fingerprint density at radius 2 is 1.79 bits per heavy atom. The third-order valence-corrected chi connectivity index (χ3v) is 4.69. The van der Waals surface area contributed by atoms with Crippen LogP contribution < -0.4 is 0 Å². The standard InChI is InChI=1S/C10H19NO.C7H13NO.C3H6/c1-4-6-10(2)8-11(3)7-5-9(10)12;1-6-5-8(2)4-3-7(6)9;1-3-2/h4-8H2,1-3H3;6H,3-5H2,1-2H3;3H,1H2,2H3/p+1. The summed E-state index contributed by atoms with van der Waals surface area (Å²) in [5.74, 6) is 1.15. The van der Waals surface area contributed by atoms with Crippen molar-refractivity contribution in [2.75, 3.05) is 40.3 Å². The molecule has 140 valence electrons. The van der Waals surface area contributed by atoms with Gasteiger partial charge in [-0.1, -0.05) is 33.3 Å². The summed E-state index contributed by atoms with van der Waals surface area (Å²) in [6.07, 6.45) is 5.39. The van der Waals surface area contributed by atoms with Gasteiger partial charge in [0.2, 0.25) is 0 Å². The van der Waals surface area contributed by atoms with Crippen molar-refractivity contribution in [3.8, 4) is 0 Å². The fourth-order valence-electron chi connectivity index (χ4n) is 3.34. The third-order valence-electron chi connectivity index (χ3n) is 4.69. The monoisotopic (exact) mass is 339 g/mol. The van der Waals surface area contributed by atoms with Crippen molar-refractivity contribution in [2.45, 2.75) is 53.4 Å². The van der Waals surface area contributed by atoms with Crippen LogP contribution in [-0.4, -0.2) is 61.6 Å². The van der Waals surface area contributed by atoms with Gasteiger partial charge in [0, 0.05) is 50.4 Å². The molecule has 2 unspecified atom stereocenters. The van der Waals surface area contributed by atoms with E-state index in [9.17, 15) is 9.59 Å². The maximum atomic E-state index is 11.6. The minimum absolute atomic E-state index is 0. The number of carbonyl (C=O) groups excluding carboxylic acids is 2. The fraction of sp³-hybridized carbons (Fsp3) is 0.800. The van der Waals surface area contributed by atoms with Crippen LogP contribution in [0.25, 0.3) is 0 Å². The lowest BCUT2D eigenvalue weighted by molar-refractivity contribution is -0.132. The van der Waals surface area contributed by atoms with E-state index >= 15 is 0 Å². The van der Waals surface area contributed by atoms with E-state index in [4.69, 9.17) is 0 Å². The van der Waals surface area contributed by atoms with Gasteiger partial charge in [-0.05, 0) is 27.4 Å². The second kappa shape index (κ2) is 11.5. The first-order valence-electron chi connectivity index (χ1n) is 9.20. The highest BCUT2D eigenvalue weighted by atomic mass is 16.1. The molecular formula is C20H39N2O2+. The lowest BCUT2D eigenvalue weighted by Gasteiger charge is -2.37.